The fourth-order valence-corrected chi connectivity index (χ4v) is 2.72. The third-order valence-electron chi connectivity index (χ3n) is 3.86. The van der Waals surface area contributed by atoms with Gasteiger partial charge in [0.15, 0.2) is 0 Å². The van der Waals surface area contributed by atoms with Crippen LogP contribution in [0.1, 0.15) is 23.7 Å². The van der Waals surface area contributed by atoms with E-state index in [9.17, 15) is 14.0 Å². The maximum Gasteiger partial charge on any atom is 0.253 e. The van der Waals surface area contributed by atoms with Gasteiger partial charge in [0.1, 0.15) is 6.10 Å². The number of aromatic nitrogens is 1. The molecule has 0 aliphatic carbocycles. The molecule has 0 bridgehead atoms. The summed E-state index contributed by atoms with van der Waals surface area (Å²) in [6.45, 7) is 2.41. The van der Waals surface area contributed by atoms with Gasteiger partial charge in [-0.2, -0.15) is 9.37 Å². The molecule has 2 amide bonds. The van der Waals surface area contributed by atoms with Gasteiger partial charge < -0.3 is 15.0 Å². The first-order valence-corrected chi connectivity index (χ1v) is 7.97. The van der Waals surface area contributed by atoms with E-state index in [1.54, 1.807) is 35.2 Å². The fraction of sp³-hybridized carbons (Fsp3) is 0.278. The molecule has 1 N–H and O–H groups in total. The van der Waals surface area contributed by atoms with E-state index >= 15 is 0 Å². The summed E-state index contributed by atoms with van der Waals surface area (Å²) in [5.74, 6) is -0.640. The highest BCUT2D eigenvalue weighted by atomic mass is 19.1. The number of hydrogen-bond acceptors (Lipinski definition) is 4. The van der Waals surface area contributed by atoms with Crippen molar-refractivity contribution in [1.29, 1.82) is 0 Å². The van der Waals surface area contributed by atoms with Gasteiger partial charge in [-0.05, 0) is 30.3 Å². The molecule has 2 heterocycles. The van der Waals surface area contributed by atoms with Gasteiger partial charge in [-0.15, -0.1) is 0 Å². The van der Waals surface area contributed by atoms with Crippen molar-refractivity contribution in [3.8, 4) is 5.88 Å². The highest BCUT2D eigenvalue weighted by molar-refractivity contribution is 5.95. The molecule has 25 heavy (non-hydrogen) atoms. The van der Waals surface area contributed by atoms with Gasteiger partial charge >= 0.3 is 0 Å². The summed E-state index contributed by atoms with van der Waals surface area (Å²) in [6.07, 6.45) is 0.449. The molecule has 0 saturated carbocycles. The minimum Gasteiger partial charge on any atom is -0.472 e. The number of likely N-dealkylation sites (tertiary alicyclic amines) is 1. The summed E-state index contributed by atoms with van der Waals surface area (Å²) in [5.41, 5.74) is 1.18. The van der Waals surface area contributed by atoms with Gasteiger partial charge in [0, 0.05) is 37.2 Å². The Morgan fingerprint density at radius 1 is 1.24 bits per heavy atom. The molecule has 1 unspecified atom stereocenters. The summed E-state index contributed by atoms with van der Waals surface area (Å²) < 4.78 is 18.7. The average molecular weight is 343 g/mol. The SMILES string of the molecule is CC(=O)Nc1ccc(C(=O)N2CCC(Oc3cccc(F)n3)C2)cc1. The number of hydrogen-bond donors (Lipinski definition) is 1. The Balaban J connectivity index is 1.59. The number of amides is 2. The summed E-state index contributed by atoms with van der Waals surface area (Å²) >= 11 is 0. The maximum atomic E-state index is 13.1. The molecular weight excluding hydrogens is 325 g/mol. The van der Waals surface area contributed by atoms with Crippen LogP contribution in [0.3, 0.4) is 0 Å². The number of benzene rings is 1. The van der Waals surface area contributed by atoms with E-state index < -0.39 is 5.95 Å². The lowest BCUT2D eigenvalue weighted by Gasteiger charge is -2.17. The quantitative estimate of drug-likeness (QED) is 0.866. The first kappa shape index (κ1) is 16.9. The minimum absolute atomic E-state index is 0.104. The molecule has 1 aromatic heterocycles. The number of carbonyl (C=O) groups excluding carboxylic acids is 2. The molecule has 1 aromatic carbocycles. The zero-order chi connectivity index (χ0) is 17.8. The highest BCUT2D eigenvalue weighted by Gasteiger charge is 2.28. The minimum atomic E-state index is -0.595. The zero-order valence-electron chi connectivity index (χ0n) is 13.7. The predicted octanol–water partition coefficient (Wildman–Crippen LogP) is 2.47. The average Bonchev–Trinajstić information content (AvgIpc) is 3.03. The summed E-state index contributed by atoms with van der Waals surface area (Å²) in [7, 11) is 0. The first-order valence-electron chi connectivity index (χ1n) is 7.97. The van der Waals surface area contributed by atoms with E-state index in [2.05, 4.69) is 10.3 Å². The number of halogens is 1. The van der Waals surface area contributed by atoms with Crippen molar-refractivity contribution in [2.75, 3.05) is 18.4 Å². The van der Waals surface area contributed by atoms with Crippen LogP contribution < -0.4 is 10.1 Å². The molecule has 1 saturated heterocycles. The molecule has 0 radical (unpaired) electrons. The van der Waals surface area contributed by atoms with Crippen LogP contribution in [0.15, 0.2) is 42.5 Å². The van der Waals surface area contributed by atoms with Crippen LogP contribution in [-0.4, -0.2) is 40.9 Å². The summed E-state index contributed by atoms with van der Waals surface area (Å²) in [6, 6.07) is 11.1. The van der Waals surface area contributed by atoms with E-state index in [0.29, 0.717) is 30.8 Å². The van der Waals surface area contributed by atoms with Crippen LogP contribution in [0.5, 0.6) is 5.88 Å². The Kier molecular flexibility index (Phi) is 4.92. The summed E-state index contributed by atoms with van der Waals surface area (Å²) in [4.78, 5) is 28.9. The highest BCUT2D eigenvalue weighted by Crippen LogP contribution is 2.19. The number of carbonyl (C=O) groups is 2. The molecular formula is C18H18FN3O3. The van der Waals surface area contributed by atoms with Gasteiger partial charge in [-0.1, -0.05) is 6.07 Å². The molecule has 130 valence electrons. The Labute approximate surface area is 144 Å². The van der Waals surface area contributed by atoms with Crippen LogP contribution in [0.4, 0.5) is 10.1 Å². The van der Waals surface area contributed by atoms with Crippen molar-refractivity contribution in [3.05, 3.63) is 54.0 Å². The molecule has 1 fully saturated rings. The lowest BCUT2D eigenvalue weighted by atomic mass is 10.2. The van der Waals surface area contributed by atoms with Gasteiger partial charge in [-0.3, -0.25) is 9.59 Å². The van der Waals surface area contributed by atoms with E-state index in [1.165, 1.54) is 19.1 Å². The van der Waals surface area contributed by atoms with Crippen LogP contribution in [0.2, 0.25) is 0 Å². The van der Waals surface area contributed by atoms with Gasteiger partial charge in [-0.25, -0.2) is 0 Å². The second-order valence-corrected chi connectivity index (χ2v) is 5.84. The lowest BCUT2D eigenvalue weighted by Crippen LogP contribution is -2.31. The van der Waals surface area contributed by atoms with Crippen LogP contribution in [0.25, 0.3) is 0 Å². The predicted molar refractivity (Wildman–Crippen MR) is 89.9 cm³/mol. The van der Waals surface area contributed by atoms with Crippen molar-refractivity contribution >= 4 is 17.5 Å². The Morgan fingerprint density at radius 2 is 2.00 bits per heavy atom. The smallest absolute Gasteiger partial charge is 0.253 e. The third kappa shape index (κ3) is 4.32. The first-order chi connectivity index (χ1) is 12.0. The third-order valence-corrected chi connectivity index (χ3v) is 3.86. The van der Waals surface area contributed by atoms with Gasteiger partial charge in [0.05, 0.1) is 6.54 Å². The molecule has 1 aliphatic rings. The van der Waals surface area contributed by atoms with Crippen molar-refractivity contribution in [2.24, 2.45) is 0 Å². The normalized spacial score (nSPS) is 16.6. The molecule has 0 spiro atoms. The molecule has 3 rings (SSSR count). The van der Waals surface area contributed by atoms with Gasteiger partial charge in [0.25, 0.3) is 5.91 Å². The number of pyridine rings is 1. The number of ether oxygens (including phenoxy) is 1. The van der Waals surface area contributed by atoms with Crippen LogP contribution >= 0.6 is 0 Å². The van der Waals surface area contributed by atoms with Crippen molar-refractivity contribution in [2.45, 2.75) is 19.4 Å². The molecule has 2 aromatic rings. The van der Waals surface area contributed by atoms with Crippen molar-refractivity contribution in [1.82, 2.24) is 9.88 Å². The van der Waals surface area contributed by atoms with Crippen LogP contribution in [-0.2, 0) is 4.79 Å². The molecule has 1 atom stereocenters. The maximum absolute atomic E-state index is 13.1. The van der Waals surface area contributed by atoms with Gasteiger partial charge in [0.2, 0.25) is 17.7 Å². The number of anilines is 1. The van der Waals surface area contributed by atoms with E-state index in [1.807, 2.05) is 0 Å². The van der Waals surface area contributed by atoms with E-state index in [-0.39, 0.29) is 23.8 Å². The Bertz CT molecular complexity index is 779. The zero-order valence-corrected chi connectivity index (χ0v) is 13.7. The second kappa shape index (κ2) is 7.29. The molecule has 6 nitrogen and oxygen atoms in total. The second-order valence-electron chi connectivity index (χ2n) is 5.84. The van der Waals surface area contributed by atoms with E-state index in [4.69, 9.17) is 4.74 Å². The van der Waals surface area contributed by atoms with Crippen molar-refractivity contribution in [3.63, 3.8) is 0 Å². The standard InChI is InChI=1S/C18H18FN3O3/c1-12(23)20-14-7-5-13(6-8-14)18(24)22-10-9-15(11-22)25-17-4-2-3-16(19)21-17/h2-8,15H,9-11H2,1H3,(H,20,23). The Hall–Kier alpha value is -2.96. The fourth-order valence-electron chi connectivity index (χ4n) is 2.72. The number of rotatable bonds is 4. The number of nitrogens with one attached hydrogen (secondary N) is 1. The Morgan fingerprint density at radius 3 is 2.68 bits per heavy atom. The molecule has 1 aliphatic heterocycles. The van der Waals surface area contributed by atoms with Crippen molar-refractivity contribution < 1.29 is 18.7 Å². The molecule has 7 heteroatoms. The number of nitrogens with zero attached hydrogens (tertiary/aromatic N) is 2. The van der Waals surface area contributed by atoms with E-state index in [0.717, 1.165) is 0 Å². The summed E-state index contributed by atoms with van der Waals surface area (Å²) in [5, 5.41) is 2.66. The topological polar surface area (TPSA) is 71.5 Å². The van der Waals surface area contributed by atoms with Crippen LogP contribution in [0, 0.1) is 5.95 Å². The lowest BCUT2D eigenvalue weighted by molar-refractivity contribution is -0.114. The monoisotopic (exact) mass is 343 g/mol. The largest absolute Gasteiger partial charge is 0.472 e.